The number of aliphatic hydroxyl groups excluding tert-OH is 1. The molecule has 3 unspecified atom stereocenters. The summed E-state index contributed by atoms with van der Waals surface area (Å²) in [5, 5.41) is 12.8. The highest BCUT2D eigenvalue weighted by atomic mass is 16.3. The van der Waals surface area contributed by atoms with Gasteiger partial charge in [0.15, 0.2) is 0 Å². The van der Waals surface area contributed by atoms with Crippen LogP contribution in [0.25, 0.3) is 0 Å². The molecule has 0 aromatic heterocycles. The van der Waals surface area contributed by atoms with Crippen LogP contribution in [-0.4, -0.2) is 29.6 Å². The van der Waals surface area contributed by atoms with Gasteiger partial charge in [-0.15, -0.1) is 0 Å². The molecule has 2 fully saturated rings. The first-order valence-corrected chi connectivity index (χ1v) is 8.45. The van der Waals surface area contributed by atoms with E-state index in [0.29, 0.717) is 12.8 Å². The third-order valence-electron chi connectivity index (χ3n) is 4.95. The van der Waals surface area contributed by atoms with Gasteiger partial charge in [0, 0.05) is 18.7 Å². The van der Waals surface area contributed by atoms with E-state index in [1.54, 1.807) is 0 Å². The zero-order chi connectivity index (χ0) is 16.4. The van der Waals surface area contributed by atoms with Crippen molar-refractivity contribution in [3.8, 4) is 0 Å². The van der Waals surface area contributed by atoms with Crippen LogP contribution in [0.15, 0.2) is 24.3 Å². The summed E-state index contributed by atoms with van der Waals surface area (Å²) >= 11 is 0. The highest BCUT2D eigenvalue weighted by Gasteiger charge is 2.32. The van der Waals surface area contributed by atoms with Crippen molar-refractivity contribution in [1.29, 1.82) is 0 Å². The van der Waals surface area contributed by atoms with Crippen molar-refractivity contribution in [2.45, 2.75) is 51.2 Å². The molecule has 5 heteroatoms. The number of carbonyl (C=O) groups is 2. The number of hydrogen-bond donors (Lipinski definition) is 2. The number of carbonyl (C=O) groups excluding carboxylic acids is 2. The maximum atomic E-state index is 12.2. The summed E-state index contributed by atoms with van der Waals surface area (Å²) in [5.41, 5.74) is 1.92. The van der Waals surface area contributed by atoms with Gasteiger partial charge in [0.1, 0.15) is 0 Å². The molecule has 3 atom stereocenters. The smallest absolute Gasteiger partial charge is 0.227 e. The van der Waals surface area contributed by atoms with Crippen molar-refractivity contribution < 1.29 is 14.7 Å². The van der Waals surface area contributed by atoms with Crippen molar-refractivity contribution in [3.63, 3.8) is 0 Å². The van der Waals surface area contributed by atoms with Gasteiger partial charge in [-0.1, -0.05) is 12.1 Å². The lowest BCUT2D eigenvalue weighted by Gasteiger charge is -2.21. The highest BCUT2D eigenvalue weighted by molar-refractivity contribution is 5.95. The summed E-state index contributed by atoms with van der Waals surface area (Å²) in [4.78, 5) is 25.8. The van der Waals surface area contributed by atoms with Gasteiger partial charge < -0.3 is 15.3 Å². The van der Waals surface area contributed by atoms with Gasteiger partial charge in [-0.05, 0) is 50.3 Å². The Kier molecular flexibility index (Phi) is 4.66. The van der Waals surface area contributed by atoms with Crippen LogP contribution in [0.5, 0.6) is 0 Å². The summed E-state index contributed by atoms with van der Waals surface area (Å²) in [6.45, 7) is 2.72. The first kappa shape index (κ1) is 16.0. The molecule has 1 aromatic carbocycles. The van der Waals surface area contributed by atoms with Gasteiger partial charge in [-0.25, -0.2) is 0 Å². The van der Waals surface area contributed by atoms with Crippen LogP contribution in [0.2, 0.25) is 0 Å². The number of anilines is 1. The van der Waals surface area contributed by atoms with E-state index >= 15 is 0 Å². The monoisotopic (exact) mass is 316 g/mol. The van der Waals surface area contributed by atoms with Crippen LogP contribution in [-0.2, 0) is 9.59 Å². The predicted octanol–water partition coefficient (Wildman–Crippen LogP) is 2.15. The molecule has 2 amide bonds. The molecular formula is C18H24N2O3. The minimum Gasteiger partial charge on any atom is -0.392 e. The molecule has 0 bridgehead atoms. The predicted molar refractivity (Wildman–Crippen MR) is 87.9 cm³/mol. The van der Waals surface area contributed by atoms with E-state index in [1.807, 2.05) is 36.1 Å². The Morgan fingerprint density at radius 3 is 2.57 bits per heavy atom. The molecule has 0 radical (unpaired) electrons. The van der Waals surface area contributed by atoms with Gasteiger partial charge in [0.25, 0.3) is 0 Å². The third kappa shape index (κ3) is 3.39. The minimum atomic E-state index is -0.509. The van der Waals surface area contributed by atoms with Crippen molar-refractivity contribution >= 4 is 17.5 Å². The molecule has 1 aliphatic heterocycles. The second-order valence-electron chi connectivity index (χ2n) is 6.58. The molecular weight excluding hydrogens is 292 g/mol. The lowest BCUT2D eigenvalue weighted by molar-refractivity contribution is -0.128. The van der Waals surface area contributed by atoms with Gasteiger partial charge in [-0.2, -0.15) is 0 Å². The summed E-state index contributed by atoms with van der Waals surface area (Å²) < 4.78 is 0. The number of aliphatic hydroxyl groups is 1. The highest BCUT2D eigenvalue weighted by Crippen LogP contribution is 2.27. The van der Waals surface area contributed by atoms with Crippen LogP contribution < -0.4 is 10.2 Å². The van der Waals surface area contributed by atoms with Crippen molar-refractivity contribution in [2.24, 2.45) is 5.92 Å². The number of nitrogens with zero attached hydrogens (tertiary/aromatic N) is 1. The lowest BCUT2D eigenvalue weighted by Crippen LogP contribution is -2.36. The Morgan fingerprint density at radius 2 is 2.00 bits per heavy atom. The number of rotatable bonds is 4. The second kappa shape index (κ2) is 6.71. The Morgan fingerprint density at radius 1 is 1.26 bits per heavy atom. The van der Waals surface area contributed by atoms with Crippen LogP contribution in [0.4, 0.5) is 5.69 Å². The van der Waals surface area contributed by atoms with Crippen molar-refractivity contribution in [1.82, 2.24) is 5.32 Å². The molecule has 1 saturated heterocycles. The molecule has 5 nitrogen and oxygen atoms in total. The Labute approximate surface area is 136 Å². The minimum absolute atomic E-state index is 0.0682. The van der Waals surface area contributed by atoms with Crippen molar-refractivity contribution in [3.05, 3.63) is 29.8 Å². The molecule has 0 spiro atoms. The lowest BCUT2D eigenvalue weighted by atomic mass is 10.0. The Bertz CT molecular complexity index is 584. The van der Waals surface area contributed by atoms with E-state index in [2.05, 4.69) is 5.32 Å². The van der Waals surface area contributed by atoms with E-state index in [4.69, 9.17) is 0 Å². The van der Waals surface area contributed by atoms with Gasteiger partial charge in [0.2, 0.25) is 11.8 Å². The van der Waals surface area contributed by atoms with E-state index in [9.17, 15) is 14.7 Å². The molecule has 1 heterocycles. The number of benzene rings is 1. The van der Waals surface area contributed by atoms with Crippen LogP contribution >= 0.6 is 0 Å². The standard InChI is InChI=1S/C18H24N2O3/c1-12(19-18(23)15-4-2-5-16(15)21)13-7-9-14(10-8-13)20-11-3-6-17(20)22/h7-10,12,15-16,21H,2-6,11H2,1H3,(H,19,23). The van der Waals surface area contributed by atoms with Crippen LogP contribution in [0.3, 0.4) is 0 Å². The normalized spacial score (nSPS) is 25.7. The first-order valence-electron chi connectivity index (χ1n) is 8.45. The number of hydrogen-bond acceptors (Lipinski definition) is 3. The molecule has 23 heavy (non-hydrogen) atoms. The molecule has 1 aliphatic carbocycles. The molecule has 3 rings (SSSR count). The molecule has 2 N–H and O–H groups in total. The van der Waals surface area contributed by atoms with Crippen LogP contribution in [0, 0.1) is 5.92 Å². The molecule has 124 valence electrons. The fraction of sp³-hybridized carbons (Fsp3) is 0.556. The topological polar surface area (TPSA) is 69.6 Å². The largest absolute Gasteiger partial charge is 0.392 e. The zero-order valence-electron chi connectivity index (χ0n) is 13.5. The summed E-state index contributed by atoms with van der Waals surface area (Å²) in [6, 6.07) is 7.67. The van der Waals surface area contributed by atoms with E-state index < -0.39 is 6.10 Å². The number of amides is 2. The average Bonchev–Trinajstić information content (AvgIpc) is 3.15. The van der Waals surface area contributed by atoms with E-state index in [1.165, 1.54) is 0 Å². The van der Waals surface area contributed by atoms with Crippen LogP contribution in [0.1, 0.15) is 50.6 Å². The maximum absolute atomic E-state index is 12.2. The Hall–Kier alpha value is -1.88. The summed E-state index contributed by atoms with van der Waals surface area (Å²) in [7, 11) is 0. The van der Waals surface area contributed by atoms with Gasteiger partial charge in [-0.3, -0.25) is 9.59 Å². The molecule has 1 saturated carbocycles. The summed E-state index contributed by atoms with van der Waals surface area (Å²) in [6.07, 6.45) is 3.41. The SMILES string of the molecule is CC(NC(=O)C1CCCC1O)c1ccc(N2CCCC2=O)cc1. The van der Waals surface area contributed by atoms with Crippen molar-refractivity contribution in [2.75, 3.05) is 11.4 Å². The maximum Gasteiger partial charge on any atom is 0.227 e. The first-order chi connectivity index (χ1) is 11.1. The average molecular weight is 316 g/mol. The second-order valence-corrected chi connectivity index (χ2v) is 6.58. The summed E-state index contributed by atoms with van der Waals surface area (Å²) in [5.74, 6) is -0.172. The van der Waals surface area contributed by atoms with E-state index in [-0.39, 0.29) is 23.8 Å². The fourth-order valence-electron chi connectivity index (χ4n) is 3.51. The quantitative estimate of drug-likeness (QED) is 0.894. The van der Waals surface area contributed by atoms with E-state index in [0.717, 1.165) is 37.1 Å². The third-order valence-corrected chi connectivity index (χ3v) is 4.95. The fourth-order valence-corrected chi connectivity index (χ4v) is 3.51. The van der Waals surface area contributed by atoms with Gasteiger partial charge >= 0.3 is 0 Å². The Balaban J connectivity index is 1.62. The number of nitrogens with one attached hydrogen (secondary N) is 1. The molecule has 2 aliphatic rings. The van der Waals surface area contributed by atoms with Gasteiger partial charge in [0.05, 0.1) is 18.1 Å². The molecule has 1 aromatic rings. The zero-order valence-corrected chi connectivity index (χ0v) is 13.5.